The Morgan fingerprint density at radius 3 is 2.33 bits per heavy atom. The van der Waals surface area contributed by atoms with Crippen molar-refractivity contribution >= 4 is 28.7 Å². The fraction of sp³-hybridized carbons (Fsp3) is 0.100. The highest BCUT2D eigenvalue weighted by atomic mass is 35.5. The average Bonchev–Trinajstić information content (AvgIpc) is 2.60. The van der Waals surface area contributed by atoms with Crippen molar-refractivity contribution in [2.24, 2.45) is 0 Å². The predicted octanol–water partition coefficient (Wildman–Crippen LogP) is 4.34. The van der Waals surface area contributed by atoms with Crippen molar-refractivity contribution in [2.45, 2.75) is 13.5 Å². The third-order valence-electron chi connectivity index (χ3n) is 4.04. The molecule has 1 N–H and O–H groups in total. The van der Waals surface area contributed by atoms with Gasteiger partial charge >= 0.3 is 0 Å². The number of ketones is 2. The zero-order valence-electron chi connectivity index (χ0n) is 13.2. The molecule has 0 saturated heterocycles. The highest BCUT2D eigenvalue weighted by molar-refractivity contribution is 6.41. The van der Waals surface area contributed by atoms with Crippen LogP contribution in [0.5, 0.6) is 0 Å². The minimum absolute atomic E-state index is 0.0237. The van der Waals surface area contributed by atoms with E-state index < -0.39 is 0 Å². The smallest absolute Gasteiger partial charge is 0.211 e. The van der Waals surface area contributed by atoms with Crippen LogP contribution in [0, 0.1) is 0 Å². The number of carbonyl (C=O) groups is 2. The lowest BCUT2D eigenvalue weighted by molar-refractivity contribution is 0.101. The number of allylic oxidation sites excluding steroid dienone is 3. The van der Waals surface area contributed by atoms with Crippen molar-refractivity contribution in [3.63, 3.8) is 0 Å². The normalized spacial score (nSPS) is 13.8. The van der Waals surface area contributed by atoms with Gasteiger partial charge in [-0.15, -0.1) is 0 Å². The van der Waals surface area contributed by atoms with E-state index in [-0.39, 0.29) is 11.6 Å². The summed E-state index contributed by atoms with van der Waals surface area (Å²) in [6.07, 6.45) is 0. The van der Waals surface area contributed by atoms with Gasteiger partial charge in [-0.05, 0) is 23.6 Å². The Balaban J connectivity index is 1.82. The summed E-state index contributed by atoms with van der Waals surface area (Å²) >= 11 is 6.34. The molecule has 2 aromatic carbocycles. The van der Waals surface area contributed by atoms with Gasteiger partial charge in [0.05, 0.1) is 5.03 Å². The van der Waals surface area contributed by atoms with Crippen molar-refractivity contribution in [1.82, 2.24) is 5.32 Å². The number of hydrogen-bond acceptors (Lipinski definition) is 3. The first-order chi connectivity index (χ1) is 11.5. The van der Waals surface area contributed by atoms with E-state index in [1.165, 1.54) is 6.92 Å². The second-order valence-electron chi connectivity index (χ2n) is 5.65. The second kappa shape index (κ2) is 6.46. The lowest BCUT2D eigenvalue weighted by Gasteiger charge is -2.21. The van der Waals surface area contributed by atoms with E-state index in [2.05, 4.69) is 11.9 Å². The fourth-order valence-corrected chi connectivity index (χ4v) is 2.91. The number of Topliss-reactive ketones (excluding diaryl/α,β-unsaturated/α-hetero) is 2. The Morgan fingerprint density at radius 1 is 1.08 bits per heavy atom. The summed E-state index contributed by atoms with van der Waals surface area (Å²) in [6.45, 7) is 5.95. The van der Waals surface area contributed by atoms with E-state index in [4.69, 9.17) is 11.6 Å². The monoisotopic (exact) mass is 337 g/mol. The van der Waals surface area contributed by atoms with E-state index in [9.17, 15) is 9.59 Å². The molecule has 0 fully saturated rings. The maximum absolute atomic E-state index is 12.6. The quantitative estimate of drug-likeness (QED) is 0.844. The van der Waals surface area contributed by atoms with Gasteiger partial charge in [-0.2, -0.15) is 0 Å². The molecule has 3 nitrogen and oxygen atoms in total. The van der Waals surface area contributed by atoms with E-state index >= 15 is 0 Å². The van der Waals surface area contributed by atoms with Crippen LogP contribution >= 0.6 is 11.6 Å². The Kier molecular flexibility index (Phi) is 4.36. The van der Waals surface area contributed by atoms with Crippen LogP contribution < -0.4 is 5.32 Å². The molecule has 1 aliphatic rings. The summed E-state index contributed by atoms with van der Waals surface area (Å²) in [5.41, 5.74) is 3.98. The van der Waals surface area contributed by atoms with Gasteiger partial charge in [0.2, 0.25) is 5.78 Å². The Morgan fingerprint density at radius 2 is 1.71 bits per heavy atom. The van der Waals surface area contributed by atoms with Crippen molar-refractivity contribution in [1.29, 1.82) is 0 Å². The summed E-state index contributed by atoms with van der Waals surface area (Å²) in [5, 5.41) is 3.46. The van der Waals surface area contributed by atoms with Gasteiger partial charge in [-0.25, -0.2) is 0 Å². The molecule has 24 heavy (non-hydrogen) atoms. The third kappa shape index (κ3) is 2.91. The number of fused-ring (bicyclic) bond motifs is 1. The van der Waals surface area contributed by atoms with Crippen molar-refractivity contribution in [3.8, 4) is 0 Å². The number of rotatable bonds is 4. The fourth-order valence-electron chi connectivity index (χ4n) is 2.65. The van der Waals surface area contributed by atoms with Gasteiger partial charge in [-0.3, -0.25) is 9.59 Å². The van der Waals surface area contributed by atoms with Gasteiger partial charge in [-0.1, -0.05) is 66.7 Å². The van der Waals surface area contributed by atoms with Gasteiger partial charge in [0.15, 0.2) is 5.78 Å². The first-order valence-electron chi connectivity index (χ1n) is 7.56. The van der Waals surface area contributed by atoms with Gasteiger partial charge in [0.25, 0.3) is 0 Å². The van der Waals surface area contributed by atoms with Crippen LogP contribution in [0.15, 0.2) is 65.8 Å². The largest absolute Gasteiger partial charge is 0.377 e. The highest BCUT2D eigenvalue weighted by Crippen LogP contribution is 2.35. The molecular weight excluding hydrogens is 322 g/mol. The van der Waals surface area contributed by atoms with Crippen LogP contribution in [0.2, 0.25) is 0 Å². The molecule has 120 valence electrons. The molecular formula is C20H16ClNO2. The van der Waals surface area contributed by atoms with Crippen molar-refractivity contribution in [2.75, 3.05) is 0 Å². The SMILES string of the molecule is C=C1C(Cl)=C(NCc2ccc(C(C)=O)cc2)C(=O)c2ccccc21. The molecule has 2 aromatic rings. The summed E-state index contributed by atoms with van der Waals surface area (Å²) in [7, 11) is 0. The number of benzene rings is 2. The Bertz CT molecular complexity index is 879. The highest BCUT2D eigenvalue weighted by Gasteiger charge is 2.27. The summed E-state index contributed by atoms with van der Waals surface area (Å²) in [6, 6.07) is 14.5. The maximum atomic E-state index is 12.6. The van der Waals surface area contributed by atoms with Gasteiger partial charge < -0.3 is 5.32 Å². The van der Waals surface area contributed by atoms with E-state index in [1.807, 2.05) is 30.3 Å². The number of hydrogen-bond donors (Lipinski definition) is 1. The number of halogens is 1. The van der Waals surface area contributed by atoms with Gasteiger partial charge in [0, 0.05) is 17.7 Å². The molecule has 0 aromatic heterocycles. The Hall–Kier alpha value is -2.65. The Labute approximate surface area is 145 Å². The second-order valence-corrected chi connectivity index (χ2v) is 6.03. The molecule has 0 unspecified atom stereocenters. The van der Waals surface area contributed by atoms with Gasteiger partial charge in [0.1, 0.15) is 5.70 Å². The van der Waals surface area contributed by atoms with E-state index in [0.717, 1.165) is 11.1 Å². The molecule has 0 atom stereocenters. The molecule has 0 heterocycles. The predicted molar refractivity (Wildman–Crippen MR) is 96.0 cm³/mol. The van der Waals surface area contributed by atoms with Crippen LogP contribution in [0.3, 0.4) is 0 Å². The number of nitrogens with one attached hydrogen (secondary N) is 1. The van der Waals surface area contributed by atoms with Crippen molar-refractivity contribution < 1.29 is 9.59 Å². The molecule has 0 aliphatic heterocycles. The molecule has 0 spiro atoms. The molecule has 4 heteroatoms. The summed E-state index contributed by atoms with van der Waals surface area (Å²) in [5.74, 6) is -0.112. The average molecular weight is 338 g/mol. The minimum Gasteiger partial charge on any atom is -0.377 e. The maximum Gasteiger partial charge on any atom is 0.211 e. The summed E-state index contributed by atoms with van der Waals surface area (Å²) in [4.78, 5) is 24.0. The first-order valence-corrected chi connectivity index (χ1v) is 7.93. The van der Waals surface area contributed by atoms with E-state index in [0.29, 0.717) is 34.0 Å². The van der Waals surface area contributed by atoms with Crippen molar-refractivity contribution in [3.05, 3.63) is 88.1 Å². The zero-order chi connectivity index (χ0) is 17.3. The van der Waals surface area contributed by atoms with E-state index in [1.54, 1.807) is 18.2 Å². The first kappa shape index (κ1) is 16.2. The molecule has 0 saturated carbocycles. The van der Waals surface area contributed by atoms with Crippen LogP contribution in [-0.4, -0.2) is 11.6 Å². The summed E-state index contributed by atoms with van der Waals surface area (Å²) < 4.78 is 0. The third-order valence-corrected chi connectivity index (χ3v) is 4.46. The topological polar surface area (TPSA) is 46.2 Å². The standard InChI is InChI=1S/C20H16ClNO2/c1-12-16-5-3-4-6-17(16)20(24)19(18(12)21)22-11-14-7-9-15(10-8-14)13(2)23/h3-10,22H,1,11H2,2H3. The van der Waals surface area contributed by atoms with Crippen LogP contribution in [0.4, 0.5) is 0 Å². The molecule has 1 aliphatic carbocycles. The zero-order valence-corrected chi connectivity index (χ0v) is 14.0. The minimum atomic E-state index is -0.136. The molecule has 0 amide bonds. The molecule has 0 radical (unpaired) electrons. The number of carbonyl (C=O) groups excluding carboxylic acids is 2. The van der Waals surface area contributed by atoms with Crippen LogP contribution in [0.1, 0.15) is 38.8 Å². The molecule has 3 rings (SSSR count). The lowest BCUT2D eigenvalue weighted by Crippen LogP contribution is -2.25. The van der Waals surface area contributed by atoms with Crippen LogP contribution in [0.25, 0.3) is 5.57 Å². The molecule has 0 bridgehead atoms. The van der Waals surface area contributed by atoms with Crippen LogP contribution in [-0.2, 0) is 6.54 Å². The lowest BCUT2D eigenvalue weighted by atomic mass is 9.90.